The van der Waals surface area contributed by atoms with Crippen LogP contribution in [0.3, 0.4) is 0 Å². The second-order valence-electron chi connectivity index (χ2n) is 3.37. The van der Waals surface area contributed by atoms with Crippen LogP contribution < -0.4 is 0 Å². The summed E-state index contributed by atoms with van der Waals surface area (Å²) in [5.41, 5.74) is 0. The largest absolute Gasteiger partial charge is 0.378 e. The standard InChI is InChI=1S/C8H13BrO/c9-7-1-2-8-6(5-7)3-4-10-8/h6-8H,1-5H2. The topological polar surface area (TPSA) is 9.23 Å². The molecule has 0 N–H and O–H groups in total. The van der Waals surface area contributed by atoms with Crippen molar-refractivity contribution in [3.8, 4) is 0 Å². The maximum Gasteiger partial charge on any atom is 0.0604 e. The van der Waals surface area contributed by atoms with Crippen molar-refractivity contribution in [2.75, 3.05) is 6.61 Å². The molecule has 1 saturated carbocycles. The lowest BCUT2D eigenvalue weighted by atomic mass is 9.86. The number of alkyl halides is 1. The van der Waals surface area contributed by atoms with Crippen LogP contribution in [-0.4, -0.2) is 17.5 Å². The van der Waals surface area contributed by atoms with Gasteiger partial charge in [0, 0.05) is 11.4 Å². The minimum atomic E-state index is 0.619. The smallest absolute Gasteiger partial charge is 0.0604 e. The van der Waals surface area contributed by atoms with E-state index in [9.17, 15) is 0 Å². The summed E-state index contributed by atoms with van der Waals surface area (Å²) in [5.74, 6) is 0.873. The predicted octanol–water partition coefficient (Wildman–Crippen LogP) is 2.34. The minimum absolute atomic E-state index is 0.619. The maximum absolute atomic E-state index is 5.58. The van der Waals surface area contributed by atoms with E-state index in [4.69, 9.17) is 4.74 Å². The molecular weight excluding hydrogens is 192 g/mol. The summed E-state index contributed by atoms with van der Waals surface area (Å²) < 4.78 is 5.58. The molecule has 0 radical (unpaired) electrons. The Morgan fingerprint density at radius 3 is 3.00 bits per heavy atom. The van der Waals surface area contributed by atoms with Crippen LogP contribution in [-0.2, 0) is 4.74 Å². The van der Waals surface area contributed by atoms with Crippen LogP contribution in [0.15, 0.2) is 0 Å². The van der Waals surface area contributed by atoms with Gasteiger partial charge in [-0.05, 0) is 31.6 Å². The number of ether oxygens (including phenoxy) is 1. The van der Waals surface area contributed by atoms with Gasteiger partial charge in [-0.15, -0.1) is 0 Å². The van der Waals surface area contributed by atoms with Gasteiger partial charge in [0.1, 0.15) is 0 Å². The van der Waals surface area contributed by atoms with E-state index < -0.39 is 0 Å². The molecule has 0 amide bonds. The molecule has 2 aliphatic rings. The highest BCUT2D eigenvalue weighted by molar-refractivity contribution is 9.09. The molecule has 0 spiro atoms. The molecule has 58 valence electrons. The van der Waals surface area contributed by atoms with Gasteiger partial charge in [-0.2, -0.15) is 0 Å². The summed E-state index contributed by atoms with van der Waals surface area (Å²) in [5, 5.41) is 0. The second kappa shape index (κ2) is 2.82. The number of hydrogen-bond acceptors (Lipinski definition) is 1. The van der Waals surface area contributed by atoms with Crippen molar-refractivity contribution in [1.82, 2.24) is 0 Å². The van der Waals surface area contributed by atoms with Gasteiger partial charge in [0.2, 0.25) is 0 Å². The number of fused-ring (bicyclic) bond motifs is 1. The third-order valence-corrected chi connectivity index (χ3v) is 3.50. The van der Waals surface area contributed by atoms with Crippen LogP contribution in [0.1, 0.15) is 25.7 Å². The van der Waals surface area contributed by atoms with Crippen molar-refractivity contribution in [3.63, 3.8) is 0 Å². The monoisotopic (exact) mass is 204 g/mol. The summed E-state index contributed by atoms with van der Waals surface area (Å²) in [4.78, 5) is 0.774. The highest BCUT2D eigenvalue weighted by atomic mass is 79.9. The van der Waals surface area contributed by atoms with E-state index >= 15 is 0 Å². The lowest BCUT2D eigenvalue weighted by Gasteiger charge is -2.27. The average molecular weight is 205 g/mol. The second-order valence-corrected chi connectivity index (χ2v) is 4.66. The quantitative estimate of drug-likeness (QED) is 0.551. The fourth-order valence-electron chi connectivity index (χ4n) is 2.07. The van der Waals surface area contributed by atoms with Crippen molar-refractivity contribution < 1.29 is 4.74 Å². The van der Waals surface area contributed by atoms with E-state index in [0.717, 1.165) is 17.4 Å². The zero-order valence-corrected chi connectivity index (χ0v) is 7.64. The third-order valence-electron chi connectivity index (χ3n) is 2.67. The number of rotatable bonds is 0. The van der Waals surface area contributed by atoms with Gasteiger partial charge in [0.15, 0.2) is 0 Å². The van der Waals surface area contributed by atoms with Crippen LogP contribution in [0.5, 0.6) is 0 Å². The number of hydrogen-bond donors (Lipinski definition) is 0. The normalized spacial score (nSPS) is 47.1. The number of halogens is 1. The van der Waals surface area contributed by atoms with Crippen LogP contribution in [0.4, 0.5) is 0 Å². The molecule has 2 rings (SSSR count). The molecule has 2 fully saturated rings. The Morgan fingerprint density at radius 1 is 1.20 bits per heavy atom. The summed E-state index contributed by atoms with van der Waals surface area (Å²) in [6, 6.07) is 0. The van der Waals surface area contributed by atoms with E-state index in [2.05, 4.69) is 15.9 Å². The van der Waals surface area contributed by atoms with Crippen LogP contribution in [0, 0.1) is 5.92 Å². The maximum atomic E-state index is 5.58. The lowest BCUT2D eigenvalue weighted by Crippen LogP contribution is -2.25. The Morgan fingerprint density at radius 2 is 2.10 bits per heavy atom. The van der Waals surface area contributed by atoms with Crippen LogP contribution >= 0.6 is 15.9 Å². The fourth-order valence-corrected chi connectivity index (χ4v) is 2.82. The van der Waals surface area contributed by atoms with E-state index in [0.29, 0.717) is 6.10 Å². The summed E-state index contributed by atoms with van der Waals surface area (Å²) in [6.45, 7) is 1.01. The first-order chi connectivity index (χ1) is 4.86. The van der Waals surface area contributed by atoms with Crippen molar-refractivity contribution in [2.24, 2.45) is 5.92 Å². The zero-order chi connectivity index (χ0) is 6.97. The van der Waals surface area contributed by atoms with Crippen molar-refractivity contribution in [2.45, 2.75) is 36.6 Å². The Balaban J connectivity index is 1.96. The van der Waals surface area contributed by atoms with Gasteiger partial charge in [-0.25, -0.2) is 0 Å². The summed E-state index contributed by atoms with van der Waals surface area (Å²) in [6.07, 6.45) is 5.84. The van der Waals surface area contributed by atoms with Crippen LogP contribution in [0.2, 0.25) is 0 Å². The van der Waals surface area contributed by atoms with Gasteiger partial charge >= 0.3 is 0 Å². The molecule has 1 aliphatic heterocycles. The highest BCUT2D eigenvalue weighted by Crippen LogP contribution is 2.36. The van der Waals surface area contributed by atoms with Gasteiger partial charge < -0.3 is 4.74 Å². The van der Waals surface area contributed by atoms with E-state index in [1.807, 2.05) is 0 Å². The predicted molar refractivity (Wildman–Crippen MR) is 44.4 cm³/mol. The van der Waals surface area contributed by atoms with Gasteiger partial charge in [-0.3, -0.25) is 0 Å². The molecular formula is C8H13BrO. The SMILES string of the molecule is BrC1CCC2OCCC2C1. The van der Waals surface area contributed by atoms with E-state index in [1.54, 1.807) is 0 Å². The third kappa shape index (κ3) is 1.24. The van der Waals surface area contributed by atoms with Gasteiger partial charge in [0.05, 0.1) is 6.10 Å². The van der Waals surface area contributed by atoms with Crippen molar-refractivity contribution in [3.05, 3.63) is 0 Å². The van der Waals surface area contributed by atoms with Crippen LogP contribution in [0.25, 0.3) is 0 Å². The molecule has 3 unspecified atom stereocenters. The molecule has 1 nitrogen and oxygen atoms in total. The molecule has 1 heterocycles. The molecule has 1 saturated heterocycles. The average Bonchev–Trinajstić information content (AvgIpc) is 2.33. The Hall–Kier alpha value is 0.440. The zero-order valence-electron chi connectivity index (χ0n) is 6.05. The van der Waals surface area contributed by atoms with Crippen molar-refractivity contribution in [1.29, 1.82) is 0 Å². The molecule has 10 heavy (non-hydrogen) atoms. The first-order valence-electron chi connectivity index (χ1n) is 4.12. The highest BCUT2D eigenvalue weighted by Gasteiger charge is 2.33. The molecule has 2 heteroatoms. The molecule has 3 atom stereocenters. The lowest BCUT2D eigenvalue weighted by molar-refractivity contribution is 0.0681. The molecule has 1 aliphatic carbocycles. The Kier molecular flexibility index (Phi) is 2.01. The fraction of sp³-hybridized carbons (Fsp3) is 1.00. The summed E-state index contributed by atoms with van der Waals surface area (Å²) >= 11 is 3.67. The first-order valence-corrected chi connectivity index (χ1v) is 5.03. The van der Waals surface area contributed by atoms with Gasteiger partial charge in [-0.1, -0.05) is 15.9 Å². The van der Waals surface area contributed by atoms with E-state index in [1.165, 1.54) is 25.7 Å². The Bertz CT molecular complexity index is 126. The molecule has 0 aromatic heterocycles. The Labute approximate surface area is 70.3 Å². The summed E-state index contributed by atoms with van der Waals surface area (Å²) in [7, 11) is 0. The van der Waals surface area contributed by atoms with Gasteiger partial charge in [0.25, 0.3) is 0 Å². The van der Waals surface area contributed by atoms with E-state index in [-0.39, 0.29) is 0 Å². The molecule has 0 aromatic rings. The van der Waals surface area contributed by atoms with Crippen molar-refractivity contribution >= 4 is 15.9 Å². The minimum Gasteiger partial charge on any atom is -0.378 e. The molecule has 0 aromatic carbocycles. The first kappa shape index (κ1) is 7.11. The molecule has 0 bridgehead atoms.